The summed E-state index contributed by atoms with van der Waals surface area (Å²) in [5, 5.41) is 10.7. The van der Waals surface area contributed by atoms with E-state index < -0.39 is 10.9 Å². The first-order chi connectivity index (χ1) is 10.0. The molecule has 0 spiro atoms. The average Bonchev–Trinajstić information content (AvgIpc) is 2.87. The smallest absolute Gasteiger partial charge is 0.344 e. The molecule has 0 unspecified atom stereocenters. The molecule has 0 saturated heterocycles. The summed E-state index contributed by atoms with van der Waals surface area (Å²) in [6.07, 6.45) is 2.41. The molecule has 0 radical (unpaired) electrons. The van der Waals surface area contributed by atoms with Gasteiger partial charge in [-0.1, -0.05) is 0 Å². The average molecular weight is 327 g/mol. The number of nitrogen functional groups attached to an aromatic ring is 1. The normalized spacial score (nSPS) is 10.3. The van der Waals surface area contributed by atoms with Crippen molar-refractivity contribution in [3.05, 3.63) is 28.1 Å². The Morgan fingerprint density at radius 2 is 2.29 bits per heavy atom. The zero-order valence-corrected chi connectivity index (χ0v) is 12.3. The van der Waals surface area contributed by atoms with Crippen LogP contribution in [0, 0.1) is 10.1 Å². The van der Waals surface area contributed by atoms with Crippen molar-refractivity contribution in [1.29, 1.82) is 0 Å². The molecule has 2 N–H and O–H groups in total. The number of hydrogen-bond acceptors (Lipinski definition) is 10. The molecule has 0 aromatic carbocycles. The number of ether oxygens (including phenoxy) is 1. The lowest BCUT2D eigenvalue weighted by Crippen LogP contribution is -2.10. The third kappa shape index (κ3) is 3.64. The van der Waals surface area contributed by atoms with Crippen LogP contribution in [-0.4, -0.2) is 32.5 Å². The quantitative estimate of drug-likeness (QED) is 0.377. The predicted molar refractivity (Wildman–Crippen MR) is 75.3 cm³/mol. The highest BCUT2D eigenvalue weighted by Gasteiger charge is 2.16. The Morgan fingerprint density at radius 1 is 1.52 bits per heavy atom. The van der Waals surface area contributed by atoms with Crippen molar-refractivity contribution in [2.75, 3.05) is 12.3 Å². The van der Waals surface area contributed by atoms with E-state index in [2.05, 4.69) is 15.0 Å². The van der Waals surface area contributed by atoms with Crippen LogP contribution in [0.3, 0.4) is 0 Å². The van der Waals surface area contributed by atoms with Crippen molar-refractivity contribution in [3.63, 3.8) is 0 Å². The Morgan fingerprint density at radius 3 is 2.86 bits per heavy atom. The van der Waals surface area contributed by atoms with Crippen LogP contribution >= 0.6 is 23.1 Å². The zero-order chi connectivity index (χ0) is 15.4. The summed E-state index contributed by atoms with van der Waals surface area (Å²) in [7, 11) is 0. The second-order valence-electron chi connectivity index (χ2n) is 3.50. The number of esters is 1. The molecule has 2 aromatic heterocycles. The molecule has 0 saturated carbocycles. The van der Waals surface area contributed by atoms with Gasteiger partial charge in [-0.2, -0.15) is 0 Å². The van der Waals surface area contributed by atoms with Gasteiger partial charge in [0.1, 0.15) is 17.6 Å². The van der Waals surface area contributed by atoms with Gasteiger partial charge in [-0.3, -0.25) is 10.1 Å². The number of anilines is 1. The number of rotatable bonds is 5. The molecule has 2 aromatic rings. The maximum atomic E-state index is 11.5. The maximum absolute atomic E-state index is 11.5. The topological polar surface area (TPSA) is 134 Å². The fourth-order valence-electron chi connectivity index (χ4n) is 1.25. The summed E-state index contributed by atoms with van der Waals surface area (Å²) in [5.74, 6) is -0.617. The molecule has 0 bridgehead atoms. The minimum atomic E-state index is -0.601. The molecule has 2 heterocycles. The van der Waals surface area contributed by atoms with E-state index in [4.69, 9.17) is 10.5 Å². The highest BCUT2D eigenvalue weighted by molar-refractivity contribution is 8.00. The molecule has 11 heteroatoms. The molecule has 110 valence electrons. The van der Waals surface area contributed by atoms with Crippen molar-refractivity contribution >= 4 is 39.9 Å². The van der Waals surface area contributed by atoms with Crippen molar-refractivity contribution in [2.45, 2.75) is 16.4 Å². The monoisotopic (exact) mass is 327 g/mol. The molecular formula is C10H9N5O4S2. The molecule has 0 aliphatic rings. The summed E-state index contributed by atoms with van der Waals surface area (Å²) >= 11 is 1.92. The number of thiazole rings is 1. The lowest BCUT2D eigenvalue weighted by Gasteiger charge is -2.04. The number of nitro groups is 1. The van der Waals surface area contributed by atoms with E-state index in [-0.39, 0.29) is 28.1 Å². The Bertz CT molecular complexity index is 690. The summed E-state index contributed by atoms with van der Waals surface area (Å²) in [6, 6.07) is 0. The van der Waals surface area contributed by atoms with E-state index >= 15 is 0 Å². The van der Waals surface area contributed by atoms with Gasteiger partial charge < -0.3 is 10.5 Å². The van der Waals surface area contributed by atoms with Gasteiger partial charge in [-0.15, -0.1) is 0 Å². The second-order valence-corrected chi connectivity index (χ2v) is 5.72. The highest BCUT2D eigenvalue weighted by atomic mass is 32.2. The summed E-state index contributed by atoms with van der Waals surface area (Å²) in [5.41, 5.74) is 5.74. The van der Waals surface area contributed by atoms with Crippen LogP contribution in [0.5, 0.6) is 0 Å². The molecule has 0 aliphatic heterocycles. The number of carbonyl (C=O) groups excluding carboxylic acids is 1. The van der Waals surface area contributed by atoms with Crippen molar-refractivity contribution in [3.8, 4) is 0 Å². The highest BCUT2D eigenvalue weighted by Crippen LogP contribution is 2.32. The molecule has 21 heavy (non-hydrogen) atoms. The van der Waals surface area contributed by atoms with Crippen LogP contribution in [0.15, 0.2) is 21.9 Å². The molecule has 0 atom stereocenters. The Hall–Kier alpha value is -2.27. The van der Waals surface area contributed by atoms with Gasteiger partial charge >= 0.3 is 11.0 Å². The van der Waals surface area contributed by atoms with Gasteiger partial charge in [-0.25, -0.2) is 19.7 Å². The molecule has 9 nitrogen and oxygen atoms in total. The van der Waals surface area contributed by atoms with Crippen molar-refractivity contribution in [1.82, 2.24) is 15.0 Å². The van der Waals surface area contributed by atoms with Crippen LogP contribution in [0.2, 0.25) is 0 Å². The van der Waals surface area contributed by atoms with E-state index in [1.54, 1.807) is 6.92 Å². The van der Waals surface area contributed by atoms with E-state index in [1.165, 1.54) is 6.20 Å². The van der Waals surface area contributed by atoms with Gasteiger partial charge in [0.05, 0.1) is 11.5 Å². The summed E-state index contributed by atoms with van der Waals surface area (Å²) < 4.78 is 5.21. The minimum absolute atomic E-state index is 0.0167. The third-order valence-corrected chi connectivity index (χ3v) is 4.03. The largest absolute Gasteiger partial charge is 0.462 e. The van der Waals surface area contributed by atoms with Crippen LogP contribution < -0.4 is 5.73 Å². The standard InChI is InChI=1S/C10H9N5O4S2/c1-2-19-8(16)5-3-12-9(14-7(5)11)21-10-13-4-6(20-10)15(17)18/h3-4H,2H2,1H3,(H2,11,12,14). The van der Waals surface area contributed by atoms with E-state index in [0.717, 1.165) is 29.3 Å². The van der Waals surface area contributed by atoms with E-state index in [9.17, 15) is 14.9 Å². The minimum Gasteiger partial charge on any atom is -0.462 e. The third-order valence-electron chi connectivity index (χ3n) is 2.12. The van der Waals surface area contributed by atoms with Gasteiger partial charge in [0.2, 0.25) is 0 Å². The van der Waals surface area contributed by atoms with Crippen LogP contribution in [0.4, 0.5) is 10.8 Å². The number of carbonyl (C=O) groups is 1. The van der Waals surface area contributed by atoms with Gasteiger partial charge in [0.15, 0.2) is 9.50 Å². The lowest BCUT2D eigenvalue weighted by molar-refractivity contribution is -0.380. The van der Waals surface area contributed by atoms with Gasteiger partial charge in [0.25, 0.3) is 0 Å². The number of hydrogen-bond donors (Lipinski definition) is 1. The number of aromatic nitrogens is 3. The first-order valence-electron chi connectivity index (χ1n) is 5.59. The first-order valence-corrected chi connectivity index (χ1v) is 7.22. The van der Waals surface area contributed by atoms with Crippen LogP contribution in [-0.2, 0) is 4.74 Å². The van der Waals surface area contributed by atoms with E-state index in [1.807, 2.05) is 0 Å². The second kappa shape index (κ2) is 6.45. The summed E-state index contributed by atoms with van der Waals surface area (Å²) in [4.78, 5) is 33.4. The number of nitrogens with zero attached hydrogens (tertiary/aromatic N) is 4. The van der Waals surface area contributed by atoms with Gasteiger partial charge in [-0.05, 0) is 30.0 Å². The van der Waals surface area contributed by atoms with Crippen LogP contribution in [0.25, 0.3) is 0 Å². The summed E-state index contributed by atoms with van der Waals surface area (Å²) in [6.45, 7) is 1.89. The number of nitrogens with two attached hydrogens (primary N) is 1. The molecule has 2 rings (SSSR count). The maximum Gasteiger partial charge on any atom is 0.344 e. The molecule has 0 amide bonds. The molecule has 0 aliphatic carbocycles. The zero-order valence-electron chi connectivity index (χ0n) is 10.7. The Kier molecular flexibility index (Phi) is 4.65. The Balaban J connectivity index is 2.16. The molecule has 0 fully saturated rings. The Labute approximate surface area is 126 Å². The van der Waals surface area contributed by atoms with Crippen molar-refractivity contribution < 1.29 is 14.5 Å². The fourth-order valence-corrected chi connectivity index (χ4v) is 2.87. The SMILES string of the molecule is CCOC(=O)c1cnc(Sc2ncc([N+](=O)[O-])s2)nc1N. The molecular weight excluding hydrogens is 318 g/mol. The lowest BCUT2D eigenvalue weighted by atomic mass is 10.3. The van der Waals surface area contributed by atoms with Crippen molar-refractivity contribution in [2.24, 2.45) is 0 Å². The first kappa shape index (κ1) is 15.1. The fraction of sp³-hybridized carbons (Fsp3) is 0.200. The van der Waals surface area contributed by atoms with E-state index in [0.29, 0.717) is 4.34 Å². The van der Waals surface area contributed by atoms with Gasteiger partial charge in [0, 0.05) is 6.20 Å². The van der Waals surface area contributed by atoms with Crippen LogP contribution in [0.1, 0.15) is 17.3 Å². The predicted octanol–water partition coefficient (Wildman–Crippen LogP) is 1.75.